The summed E-state index contributed by atoms with van der Waals surface area (Å²) in [4.78, 5) is 83.8. The second-order valence-electron chi connectivity index (χ2n) is 12.1. The van der Waals surface area contributed by atoms with E-state index in [-0.39, 0.29) is 38.0 Å². The summed E-state index contributed by atoms with van der Waals surface area (Å²) in [5, 5.41) is 24.9. The molecule has 2 aromatic carbocycles. The van der Waals surface area contributed by atoms with Gasteiger partial charge in [-0.3, -0.25) is 28.8 Å². The number of para-hydroxylation sites is 1. The summed E-state index contributed by atoms with van der Waals surface area (Å²) in [5.41, 5.74) is 7.88. The van der Waals surface area contributed by atoms with Crippen LogP contribution in [-0.4, -0.2) is 104 Å². The number of carbonyl (C=O) groups is 6. The summed E-state index contributed by atoms with van der Waals surface area (Å²) in [5.74, 6) is -4.82. The Kier molecular flexibility index (Phi) is 12.6. The number of aliphatic carboxylic acids is 1. The number of carbonyl (C=O) groups excluding carboxylic acids is 5. The number of rotatable bonds is 15. The van der Waals surface area contributed by atoms with Crippen LogP contribution in [0.5, 0.6) is 5.75 Å². The fraction of sp³-hybridized carbons (Fsp3) is 0.412. The van der Waals surface area contributed by atoms with Crippen LogP contribution in [0.2, 0.25) is 0 Å². The fourth-order valence-corrected chi connectivity index (χ4v) is 6.15. The first-order valence-corrected chi connectivity index (χ1v) is 16.5. The topological polar surface area (TPSA) is 215 Å². The Hall–Kier alpha value is -5.11. The predicted molar refractivity (Wildman–Crippen MR) is 180 cm³/mol. The number of halogens is 1. The second kappa shape index (κ2) is 16.8. The van der Waals surface area contributed by atoms with Crippen LogP contribution in [0.15, 0.2) is 54.7 Å². The monoisotopic (exact) mass is 696 g/mol. The highest BCUT2D eigenvalue weighted by Gasteiger charge is 2.40. The van der Waals surface area contributed by atoms with Crippen molar-refractivity contribution in [1.82, 2.24) is 25.4 Å². The van der Waals surface area contributed by atoms with E-state index in [1.807, 2.05) is 24.3 Å². The molecule has 14 nitrogen and oxygen atoms in total. The molecule has 5 amide bonds. The average Bonchev–Trinajstić information content (AvgIpc) is 3.51. The highest BCUT2D eigenvalue weighted by molar-refractivity contribution is 6.27. The lowest BCUT2D eigenvalue weighted by atomic mass is 9.96. The third-order valence-corrected chi connectivity index (χ3v) is 8.96. The highest BCUT2D eigenvalue weighted by atomic mass is 35.5. The van der Waals surface area contributed by atoms with Gasteiger partial charge in [0.25, 0.3) is 0 Å². The van der Waals surface area contributed by atoms with Gasteiger partial charge in [0.2, 0.25) is 29.5 Å². The molecule has 4 rings (SSSR count). The molecular formula is C34H41ClN6O8. The lowest BCUT2D eigenvalue weighted by Gasteiger charge is -2.40. The van der Waals surface area contributed by atoms with Gasteiger partial charge in [-0.1, -0.05) is 30.3 Å². The number of H-pyrrole nitrogens is 1. The first-order chi connectivity index (χ1) is 23.4. The van der Waals surface area contributed by atoms with E-state index in [1.165, 1.54) is 29.0 Å². The summed E-state index contributed by atoms with van der Waals surface area (Å²) in [6.45, 7) is 0.180. The number of fused-ring (bicyclic) bond motifs is 1. The number of alkyl halides is 1. The smallest absolute Gasteiger partial charge is 0.303 e. The van der Waals surface area contributed by atoms with Gasteiger partial charge in [0.15, 0.2) is 0 Å². The Balaban J connectivity index is 1.63. The summed E-state index contributed by atoms with van der Waals surface area (Å²) in [6, 6.07) is 9.05. The molecule has 0 bridgehead atoms. The first kappa shape index (κ1) is 36.7. The minimum absolute atomic E-state index is 0.0345. The lowest BCUT2D eigenvalue weighted by molar-refractivity contribution is -0.152. The van der Waals surface area contributed by atoms with Gasteiger partial charge in [0.1, 0.15) is 35.8 Å². The van der Waals surface area contributed by atoms with Crippen molar-refractivity contribution in [3.05, 3.63) is 65.9 Å². The van der Waals surface area contributed by atoms with Crippen molar-refractivity contribution < 1.29 is 39.0 Å². The fourth-order valence-electron chi connectivity index (χ4n) is 6.07. The maximum Gasteiger partial charge on any atom is 0.303 e. The van der Waals surface area contributed by atoms with Crippen LogP contribution in [0, 0.1) is 0 Å². The van der Waals surface area contributed by atoms with Crippen molar-refractivity contribution in [2.75, 3.05) is 19.5 Å². The zero-order valence-electron chi connectivity index (χ0n) is 27.1. The number of nitrogens with two attached hydrogens (primary N) is 1. The molecule has 7 N–H and O–H groups in total. The molecule has 15 heteroatoms. The molecule has 4 atom stereocenters. The first-order valence-electron chi connectivity index (χ1n) is 16.0. The van der Waals surface area contributed by atoms with Crippen LogP contribution < -0.4 is 16.4 Å². The molecule has 0 radical (unpaired) electrons. The van der Waals surface area contributed by atoms with E-state index in [1.54, 1.807) is 18.3 Å². The number of aromatic nitrogens is 1. The Morgan fingerprint density at radius 1 is 1.02 bits per heavy atom. The Labute approximate surface area is 287 Å². The van der Waals surface area contributed by atoms with Gasteiger partial charge in [-0.25, -0.2) is 0 Å². The van der Waals surface area contributed by atoms with E-state index in [9.17, 15) is 39.0 Å². The number of hydrogen-bond donors (Lipinski definition) is 6. The summed E-state index contributed by atoms with van der Waals surface area (Å²) in [7, 11) is 1.45. The van der Waals surface area contributed by atoms with Crippen molar-refractivity contribution in [2.24, 2.45) is 5.73 Å². The van der Waals surface area contributed by atoms with Crippen LogP contribution in [-0.2, 0) is 41.6 Å². The number of nitrogens with zero attached hydrogens (tertiary/aromatic N) is 2. The van der Waals surface area contributed by atoms with Crippen molar-refractivity contribution >= 4 is 58.0 Å². The molecule has 1 aliphatic heterocycles. The van der Waals surface area contributed by atoms with E-state index in [2.05, 4.69) is 15.6 Å². The molecule has 1 aromatic heterocycles. The number of primary amides is 1. The zero-order chi connectivity index (χ0) is 35.7. The van der Waals surface area contributed by atoms with E-state index in [0.717, 1.165) is 16.5 Å². The Morgan fingerprint density at radius 2 is 1.73 bits per heavy atom. The number of phenolic OH excluding ortho intramolecular Hbond substituents is 1. The zero-order valence-corrected chi connectivity index (χ0v) is 27.8. The third kappa shape index (κ3) is 9.50. The van der Waals surface area contributed by atoms with Gasteiger partial charge in [-0.2, -0.15) is 0 Å². The lowest BCUT2D eigenvalue weighted by Crippen LogP contribution is -2.61. The molecule has 4 unspecified atom stereocenters. The number of benzene rings is 2. The number of carboxylic acid groups (broad SMARTS) is 1. The number of phenols is 1. The normalized spacial score (nSPS) is 16.3. The molecule has 0 saturated carbocycles. The molecule has 2 heterocycles. The molecule has 3 aromatic rings. The predicted octanol–water partition coefficient (Wildman–Crippen LogP) is 1.43. The molecule has 0 aliphatic carbocycles. The quantitative estimate of drug-likeness (QED) is 0.128. The number of nitrogens with one attached hydrogen (secondary N) is 3. The van der Waals surface area contributed by atoms with Crippen LogP contribution in [0.3, 0.4) is 0 Å². The van der Waals surface area contributed by atoms with E-state index in [4.69, 9.17) is 17.3 Å². The summed E-state index contributed by atoms with van der Waals surface area (Å²) in [6.07, 6.45) is 2.69. The number of amides is 5. The molecule has 49 heavy (non-hydrogen) atoms. The van der Waals surface area contributed by atoms with Gasteiger partial charge in [-0.15, -0.1) is 11.6 Å². The summed E-state index contributed by atoms with van der Waals surface area (Å²) < 4.78 is 0. The van der Waals surface area contributed by atoms with E-state index in [0.29, 0.717) is 18.4 Å². The van der Waals surface area contributed by atoms with Crippen molar-refractivity contribution in [1.29, 1.82) is 0 Å². The van der Waals surface area contributed by atoms with Crippen LogP contribution in [0.25, 0.3) is 10.9 Å². The Bertz CT molecular complexity index is 1680. The molecular weight excluding hydrogens is 656 g/mol. The van der Waals surface area contributed by atoms with Gasteiger partial charge in [0, 0.05) is 50.0 Å². The average molecular weight is 697 g/mol. The number of carboxylic acids is 1. The number of aromatic hydroxyl groups is 1. The largest absolute Gasteiger partial charge is 0.508 e. The number of likely N-dealkylation sites (tertiary alicyclic amines) is 1. The third-order valence-electron chi connectivity index (χ3n) is 8.71. The molecule has 1 saturated heterocycles. The van der Waals surface area contributed by atoms with Crippen molar-refractivity contribution in [2.45, 2.75) is 69.1 Å². The van der Waals surface area contributed by atoms with Crippen LogP contribution in [0.4, 0.5) is 0 Å². The Morgan fingerprint density at radius 3 is 2.41 bits per heavy atom. The number of aromatic amines is 1. The maximum atomic E-state index is 14.3. The van der Waals surface area contributed by atoms with Gasteiger partial charge in [-0.05, 0) is 55.0 Å². The SMILES string of the molecule is CN(C(=O)C1CCCCN1C(=O)C(CCC(=O)O)NC(=O)CCl)C(Cc1c[nH]c2ccccc12)C(=O)NC(Cc1ccc(O)cc1)C(N)=O. The van der Waals surface area contributed by atoms with Crippen LogP contribution >= 0.6 is 11.6 Å². The van der Waals surface area contributed by atoms with Crippen molar-refractivity contribution in [3.63, 3.8) is 0 Å². The minimum Gasteiger partial charge on any atom is -0.508 e. The van der Waals surface area contributed by atoms with Crippen LogP contribution in [0.1, 0.15) is 43.2 Å². The van der Waals surface area contributed by atoms with Gasteiger partial charge in [0.05, 0.1) is 0 Å². The minimum atomic E-state index is -1.22. The highest BCUT2D eigenvalue weighted by Crippen LogP contribution is 2.25. The molecule has 1 fully saturated rings. The second-order valence-corrected chi connectivity index (χ2v) is 12.4. The summed E-state index contributed by atoms with van der Waals surface area (Å²) >= 11 is 5.64. The number of likely N-dealkylation sites (N-methyl/N-ethyl adjacent to an activating group) is 1. The number of piperidine rings is 1. The van der Waals surface area contributed by atoms with Gasteiger partial charge < -0.3 is 41.4 Å². The van der Waals surface area contributed by atoms with E-state index < -0.39 is 72.0 Å². The van der Waals surface area contributed by atoms with Gasteiger partial charge >= 0.3 is 5.97 Å². The molecule has 262 valence electrons. The molecule has 1 aliphatic rings. The van der Waals surface area contributed by atoms with E-state index >= 15 is 0 Å². The van der Waals surface area contributed by atoms with Crippen molar-refractivity contribution in [3.8, 4) is 5.75 Å². The standard InChI is InChI=1S/C34H41ClN6O8/c1-40(34(49)27-8-4-5-15-41(27)33(48)25(13-14-30(44)45)38-29(43)18-35)28(17-21-19-37-24-7-3-2-6-23(21)24)32(47)39-26(31(36)46)16-20-9-11-22(42)12-10-20/h2-3,6-7,9-12,19,25-28,37,42H,4-5,8,13-18H2,1H3,(H2,36,46)(H,38,43)(H,39,47)(H,44,45). The molecule has 0 spiro atoms. The maximum absolute atomic E-state index is 14.3. The number of hydrogen-bond acceptors (Lipinski definition) is 7.